The molecular formula is C12H26. The summed E-state index contributed by atoms with van der Waals surface area (Å²) in [6.07, 6.45) is 8.41. The Morgan fingerprint density at radius 3 is 1.83 bits per heavy atom. The Labute approximate surface area is 78.8 Å². The Hall–Kier alpha value is 0. The highest BCUT2D eigenvalue weighted by Gasteiger charge is 2.06. The minimum atomic E-state index is 0.954. The van der Waals surface area contributed by atoms with E-state index in [-0.39, 0.29) is 0 Å². The van der Waals surface area contributed by atoms with E-state index in [1.165, 1.54) is 38.5 Å². The maximum absolute atomic E-state index is 2.39. The van der Waals surface area contributed by atoms with Gasteiger partial charge in [-0.3, -0.25) is 0 Å². The molecule has 0 spiro atoms. The zero-order valence-corrected chi connectivity index (χ0v) is 9.40. The third-order valence-electron chi connectivity index (χ3n) is 3.00. The maximum Gasteiger partial charge on any atom is -0.0419 e. The molecule has 1 atom stereocenters. The molecule has 0 aromatic carbocycles. The second kappa shape index (κ2) is 7.64. The van der Waals surface area contributed by atoms with Crippen LogP contribution in [0.3, 0.4) is 0 Å². The molecule has 0 aliphatic carbocycles. The molecule has 0 aromatic rings. The Balaban J connectivity index is 3.37. The molecule has 0 heterocycles. The summed E-state index contributed by atoms with van der Waals surface area (Å²) in [7, 11) is 0. The average molecular weight is 170 g/mol. The van der Waals surface area contributed by atoms with Gasteiger partial charge in [-0.25, -0.2) is 0 Å². The van der Waals surface area contributed by atoms with Crippen LogP contribution in [0.2, 0.25) is 0 Å². The molecular weight excluding hydrogens is 144 g/mol. The predicted octanol–water partition coefficient (Wildman–Crippen LogP) is 4.64. The average Bonchev–Trinajstić information content (AvgIpc) is 2.07. The van der Waals surface area contributed by atoms with Gasteiger partial charge >= 0.3 is 0 Å². The number of rotatable bonds is 7. The summed E-state index contributed by atoms with van der Waals surface area (Å²) in [6.45, 7) is 9.32. The van der Waals surface area contributed by atoms with Crippen LogP contribution in [0.1, 0.15) is 66.2 Å². The van der Waals surface area contributed by atoms with Crippen LogP contribution in [0.25, 0.3) is 0 Å². The minimum absolute atomic E-state index is 0.954. The molecule has 0 radical (unpaired) electrons. The van der Waals surface area contributed by atoms with Crippen molar-refractivity contribution in [1.82, 2.24) is 0 Å². The van der Waals surface area contributed by atoms with Crippen molar-refractivity contribution in [2.24, 2.45) is 11.8 Å². The third-order valence-corrected chi connectivity index (χ3v) is 3.00. The fourth-order valence-corrected chi connectivity index (χ4v) is 1.85. The Morgan fingerprint density at radius 1 is 0.833 bits per heavy atom. The van der Waals surface area contributed by atoms with Crippen molar-refractivity contribution in [2.45, 2.75) is 66.2 Å². The lowest BCUT2D eigenvalue weighted by atomic mass is 9.91. The summed E-state index contributed by atoms with van der Waals surface area (Å²) in [6, 6.07) is 0. The second-order valence-electron chi connectivity index (χ2n) is 4.15. The fourth-order valence-electron chi connectivity index (χ4n) is 1.85. The van der Waals surface area contributed by atoms with Crippen molar-refractivity contribution in [3.05, 3.63) is 0 Å². The zero-order valence-electron chi connectivity index (χ0n) is 9.40. The van der Waals surface area contributed by atoms with Crippen LogP contribution in [0.4, 0.5) is 0 Å². The van der Waals surface area contributed by atoms with Crippen LogP contribution in [-0.4, -0.2) is 0 Å². The standard InChI is InChI=1S/C12H26/c1-5-8-11(4)9-10-12(6-2)7-3/h11-12H,5-10H2,1-4H3/t11-/m0/s1. The van der Waals surface area contributed by atoms with Crippen molar-refractivity contribution < 1.29 is 0 Å². The van der Waals surface area contributed by atoms with Gasteiger partial charge < -0.3 is 0 Å². The zero-order chi connectivity index (χ0) is 9.40. The lowest BCUT2D eigenvalue weighted by molar-refractivity contribution is 0.377. The smallest absolute Gasteiger partial charge is 0.0419 e. The minimum Gasteiger partial charge on any atom is -0.0654 e. The van der Waals surface area contributed by atoms with Crippen LogP contribution in [0.15, 0.2) is 0 Å². The Morgan fingerprint density at radius 2 is 1.42 bits per heavy atom. The molecule has 0 aliphatic heterocycles. The third kappa shape index (κ3) is 5.62. The van der Waals surface area contributed by atoms with Gasteiger partial charge in [0.15, 0.2) is 0 Å². The normalized spacial score (nSPS) is 13.8. The molecule has 0 aliphatic rings. The highest BCUT2D eigenvalue weighted by Crippen LogP contribution is 2.20. The monoisotopic (exact) mass is 170 g/mol. The van der Waals surface area contributed by atoms with Gasteiger partial charge in [0.25, 0.3) is 0 Å². The first-order chi connectivity index (χ1) is 5.74. The SMILES string of the molecule is CCC[C@H](C)CCC(CC)CC. The van der Waals surface area contributed by atoms with Crippen molar-refractivity contribution >= 4 is 0 Å². The fraction of sp³-hybridized carbons (Fsp3) is 1.00. The lowest BCUT2D eigenvalue weighted by Crippen LogP contribution is -2.01. The molecule has 0 nitrogen and oxygen atoms in total. The molecule has 0 fully saturated rings. The Kier molecular flexibility index (Phi) is 7.64. The maximum atomic E-state index is 2.39. The van der Waals surface area contributed by atoms with Gasteiger partial charge in [-0.2, -0.15) is 0 Å². The molecule has 0 N–H and O–H groups in total. The summed E-state index contributed by atoms with van der Waals surface area (Å²) >= 11 is 0. The van der Waals surface area contributed by atoms with E-state index < -0.39 is 0 Å². The molecule has 0 aromatic heterocycles. The largest absolute Gasteiger partial charge is 0.0654 e. The Bertz CT molecular complexity index is 82.0. The first kappa shape index (κ1) is 12.0. The lowest BCUT2D eigenvalue weighted by Gasteiger charge is -2.15. The van der Waals surface area contributed by atoms with Crippen LogP contribution in [-0.2, 0) is 0 Å². The molecule has 12 heavy (non-hydrogen) atoms. The van der Waals surface area contributed by atoms with E-state index in [9.17, 15) is 0 Å². The van der Waals surface area contributed by atoms with Crippen molar-refractivity contribution in [1.29, 1.82) is 0 Å². The van der Waals surface area contributed by atoms with Gasteiger partial charge in [-0.1, -0.05) is 66.2 Å². The molecule has 0 rings (SSSR count). The van der Waals surface area contributed by atoms with E-state index in [1.807, 2.05) is 0 Å². The first-order valence-corrected chi connectivity index (χ1v) is 5.74. The molecule has 0 bridgehead atoms. The predicted molar refractivity (Wildman–Crippen MR) is 57.4 cm³/mol. The van der Waals surface area contributed by atoms with Crippen molar-refractivity contribution in [2.75, 3.05) is 0 Å². The van der Waals surface area contributed by atoms with Gasteiger partial charge in [-0.05, 0) is 11.8 Å². The molecule has 0 unspecified atom stereocenters. The molecule has 0 heteroatoms. The highest BCUT2D eigenvalue weighted by molar-refractivity contribution is 4.59. The van der Waals surface area contributed by atoms with E-state index in [2.05, 4.69) is 27.7 Å². The summed E-state index contributed by atoms with van der Waals surface area (Å²) < 4.78 is 0. The molecule has 74 valence electrons. The molecule has 0 amide bonds. The van der Waals surface area contributed by atoms with Gasteiger partial charge in [0.1, 0.15) is 0 Å². The van der Waals surface area contributed by atoms with Crippen molar-refractivity contribution in [3.8, 4) is 0 Å². The van der Waals surface area contributed by atoms with E-state index in [4.69, 9.17) is 0 Å². The van der Waals surface area contributed by atoms with Crippen LogP contribution in [0, 0.1) is 11.8 Å². The summed E-state index contributed by atoms with van der Waals surface area (Å²) in [5.41, 5.74) is 0. The quantitative estimate of drug-likeness (QED) is 0.522. The first-order valence-electron chi connectivity index (χ1n) is 5.74. The number of hydrogen-bond donors (Lipinski definition) is 0. The van der Waals surface area contributed by atoms with E-state index >= 15 is 0 Å². The van der Waals surface area contributed by atoms with Gasteiger partial charge in [0.05, 0.1) is 0 Å². The summed E-state index contributed by atoms with van der Waals surface area (Å²) in [4.78, 5) is 0. The van der Waals surface area contributed by atoms with Gasteiger partial charge in [0, 0.05) is 0 Å². The van der Waals surface area contributed by atoms with Crippen LogP contribution < -0.4 is 0 Å². The van der Waals surface area contributed by atoms with E-state index in [1.54, 1.807) is 0 Å². The van der Waals surface area contributed by atoms with Crippen molar-refractivity contribution in [3.63, 3.8) is 0 Å². The topological polar surface area (TPSA) is 0 Å². The van der Waals surface area contributed by atoms with E-state index in [0.717, 1.165) is 11.8 Å². The van der Waals surface area contributed by atoms with Crippen LogP contribution >= 0.6 is 0 Å². The van der Waals surface area contributed by atoms with E-state index in [0.29, 0.717) is 0 Å². The van der Waals surface area contributed by atoms with Gasteiger partial charge in [-0.15, -0.1) is 0 Å². The number of hydrogen-bond acceptors (Lipinski definition) is 0. The summed E-state index contributed by atoms with van der Waals surface area (Å²) in [5.74, 6) is 1.94. The summed E-state index contributed by atoms with van der Waals surface area (Å²) in [5, 5.41) is 0. The second-order valence-corrected chi connectivity index (χ2v) is 4.15. The highest BCUT2D eigenvalue weighted by atomic mass is 14.1. The molecule has 0 saturated carbocycles. The van der Waals surface area contributed by atoms with Gasteiger partial charge in [0.2, 0.25) is 0 Å². The molecule has 0 saturated heterocycles. The van der Waals surface area contributed by atoms with Crippen LogP contribution in [0.5, 0.6) is 0 Å².